The molecule has 0 aliphatic heterocycles. The van der Waals surface area contributed by atoms with Crippen LogP contribution in [0.3, 0.4) is 0 Å². The average molecular weight is 225 g/mol. The molecule has 0 aliphatic rings. The quantitative estimate of drug-likeness (QED) is 0.850. The van der Waals surface area contributed by atoms with E-state index in [1.807, 2.05) is 14.0 Å². The lowest BCUT2D eigenvalue weighted by molar-refractivity contribution is 0.229. The van der Waals surface area contributed by atoms with Crippen molar-refractivity contribution in [3.8, 4) is 5.75 Å². The van der Waals surface area contributed by atoms with E-state index in [0.29, 0.717) is 5.92 Å². The molecule has 1 N–H and O–H groups in total. The summed E-state index contributed by atoms with van der Waals surface area (Å²) < 4.78 is 12.8. The van der Waals surface area contributed by atoms with E-state index in [2.05, 4.69) is 18.7 Å². The van der Waals surface area contributed by atoms with Gasteiger partial charge in [0, 0.05) is 24.2 Å². The zero-order valence-corrected chi connectivity index (χ0v) is 10.4. The summed E-state index contributed by atoms with van der Waals surface area (Å²) in [6.45, 7) is 7.24. The fourth-order valence-electron chi connectivity index (χ4n) is 1.84. The summed E-state index contributed by atoms with van der Waals surface area (Å²) in [5, 5.41) is 9.68. The molecule has 1 rings (SSSR count). The van der Waals surface area contributed by atoms with Gasteiger partial charge in [0.25, 0.3) is 0 Å². The lowest BCUT2D eigenvalue weighted by atomic mass is 10.0. The summed E-state index contributed by atoms with van der Waals surface area (Å²) in [4.78, 5) is 2.15. The van der Waals surface area contributed by atoms with E-state index in [9.17, 15) is 9.50 Å². The Bertz CT molecular complexity index is 352. The van der Waals surface area contributed by atoms with Crippen LogP contribution >= 0.6 is 0 Å². The number of benzene rings is 1. The third-order valence-corrected chi connectivity index (χ3v) is 2.76. The molecule has 90 valence electrons. The molecule has 0 heterocycles. The van der Waals surface area contributed by atoms with Crippen molar-refractivity contribution in [3.63, 3.8) is 0 Å². The van der Waals surface area contributed by atoms with E-state index in [4.69, 9.17) is 0 Å². The molecule has 1 aromatic rings. The van der Waals surface area contributed by atoms with E-state index in [1.54, 1.807) is 6.07 Å². The van der Waals surface area contributed by atoms with E-state index < -0.39 is 5.82 Å². The van der Waals surface area contributed by atoms with Gasteiger partial charge in [0.1, 0.15) is 11.6 Å². The number of phenols is 1. The Morgan fingerprint density at radius 1 is 1.31 bits per heavy atom. The Balaban J connectivity index is 2.83. The van der Waals surface area contributed by atoms with Gasteiger partial charge in [-0.2, -0.15) is 0 Å². The van der Waals surface area contributed by atoms with Gasteiger partial charge < -0.3 is 5.11 Å². The number of hydrogen-bond donors (Lipinski definition) is 1. The van der Waals surface area contributed by atoms with Crippen LogP contribution in [0.1, 0.15) is 32.4 Å². The Morgan fingerprint density at radius 3 is 2.44 bits per heavy atom. The van der Waals surface area contributed by atoms with Crippen LogP contribution < -0.4 is 0 Å². The second kappa shape index (κ2) is 5.30. The molecular weight excluding hydrogens is 205 g/mol. The van der Waals surface area contributed by atoms with Gasteiger partial charge >= 0.3 is 0 Å². The highest BCUT2D eigenvalue weighted by Gasteiger charge is 2.16. The maximum atomic E-state index is 12.8. The molecular formula is C13H20FNO. The minimum atomic E-state index is -0.403. The van der Waals surface area contributed by atoms with E-state index in [0.717, 1.165) is 18.2 Å². The summed E-state index contributed by atoms with van der Waals surface area (Å²) >= 11 is 0. The smallest absolute Gasteiger partial charge is 0.126 e. The number of nitrogens with zero attached hydrogens (tertiary/aromatic N) is 1. The van der Waals surface area contributed by atoms with Crippen LogP contribution in [0.15, 0.2) is 18.2 Å². The first-order chi connectivity index (χ1) is 7.41. The van der Waals surface area contributed by atoms with Crippen molar-refractivity contribution < 1.29 is 9.50 Å². The Morgan fingerprint density at radius 2 is 1.94 bits per heavy atom. The maximum absolute atomic E-state index is 12.8. The number of hydrogen-bond acceptors (Lipinski definition) is 2. The first-order valence-corrected chi connectivity index (χ1v) is 5.60. The third kappa shape index (κ3) is 3.20. The van der Waals surface area contributed by atoms with Crippen molar-refractivity contribution in [1.29, 1.82) is 0 Å². The lowest BCUT2D eigenvalue weighted by Gasteiger charge is -2.27. The van der Waals surface area contributed by atoms with Crippen LogP contribution in [0, 0.1) is 11.7 Å². The lowest BCUT2D eigenvalue weighted by Crippen LogP contribution is -2.26. The second-order valence-electron chi connectivity index (χ2n) is 4.71. The van der Waals surface area contributed by atoms with Crippen molar-refractivity contribution >= 4 is 0 Å². The molecule has 0 aliphatic carbocycles. The molecule has 0 saturated carbocycles. The molecule has 2 nitrogen and oxygen atoms in total. The van der Waals surface area contributed by atoms with Crippen molar-refractivity contribution in [2.75, 3.05) is 13.6 Å². The van der Waals surface area contributed by atoms with Gasteiger partial charge in [-0.3, -0.25) is 4.90 Å². The van der Waals surface area contributed by atoms with Crippen LogP contribution in [0.5, 0.6) is 5.75 Å². The standard InChI is InChI=1S/C13H20FNO/c1-9(2)8-15(4)10(3)12-6-5-11(14)7-13(12)16/h5-7,9-10,16H,8H2,1-4H3. The molecule has 3 heteroatoms. The highest BCUT2D eigenvalue weighted by atomic mass is 19.1. The molecule has 1 unspecified atom stereocenters. The molecule has 1 atom stereocenters. The Kier molecular flexibility index (Phi) is 4.30. The van der Waals surface area contributed by atoms with Gasteiger partial charge in [-0.05, 0) is 26.0 Å². The summed E-state index contributed by atoms with van der Waals surface area (Å²) in [5.74, 6) is 0.193. The Hall–Kier alpha value is -1.09. The van der Waals surface area contributed by atoms with Gasteiger partial charge in [0.15, 0.2) is 0 Å². The second-order valence-corrected chi connectivity index (χ2v) is 4.71. The van der Waals surface area contributed by atoms with Gasteiger partial charge in [-0.25, -0.2) is 4.39 Å². The van der Waals surface area contributed by atoms with Crippen LogP contribution in [0.25, 0.3) is 0 Å². The predicted octanol–water partition coefficient (Wildman–Crippen LogP) is 3.18. The van der Waals surface area contributed by atoms with Gasteiger partial charge in [0.05, 0.1) is 0 Å². The Labute approximate surface area is 96.7 Å². The molecule has 0 bridgehead atoms. The molecule has 1 aromatic carbocycles. The number of halogens is 1. The van der Waals surface area contributed by atoms with Gasteiger partial charge in [0.2, 0.25) is 0 Å². The van der Waals surface area contributed by atoms with Crippen LogP contribution in [0.4, 0.5) is 4.39 Å². The maximum Gasteiger partial charge on any atom is 0.126 e. The van der Waals surface area contributed by atoms with Crippen LogP contribution in [0.2, 0.25) is 0 Å². The van der Waals surface area contributed by atoms with E-state index in [1.165, 1.54) is 6.07 Å². The number of aromatic hydroxyl groups is 1. The fourth-order valence-corrected chi connectivity index (χ4v) is 1.84. The largest absolute Gasteiger partial charge is 0.508 e. The fraction of sp³-hybridized carbons (Fsp3) is 0.538. The molecule has 0 fully saturated rings. The summed E-state index contributed by atoms with van der Waals surface area (Å²) in [7, 11) is 2.01. The SMILES string of the molecule is CC(C)CN(C)C(C)c1ccc(F)cc1O. The highest BCUT2D eigenvalue weighted by Crippen LogP contribution is 2.28. The summed E-state index contributed by atoms with van der Waals surface area (Å²) in [6, 6.07) is 4.28. The average Bonchev–Trinajstić information content (AvgIpc) is 2.15. The van der Waals surface area contributed by atoms with E-state index >= 15 is 0 Å². The molecule has 0 saturated heterocycles. The van der Waals surface area contributed by atoms with Crippen molar-refractivity contribution in [2.45, 2.75) is 26.8 Å². The van der Waals surface area contributed by atoms with E-state index in [-0.39, 0.29) is 11.8 Å². The van der Waals surface area contributed by atoms with Crippen molar-refractivity contribution in [3.05, 3.63) is 29.6 Å². The zero-order valence-electron chi connectivity index (χ0n) is 10.4. The summed E-state index contributed by atoms with van der Waals surface area (Å²) in [6.07, 6.45) is 0. The van der Waals surface area contributed by atoms with Gasteiger partial charge in [-0.1, -0.05) is 19.9 Å². The molecule has 16 heavy (non-hydrogen) atoms. The first-order valence-electron chi connectivity index (χ1n) is 5.60. The topological polar surface area (TPSA) is 23.5 Å². The predicted molar refractivity (Wildman–Crippen MR) is 63.9 cm³/mol. The molecule has 0 amide bonds. The zero-order chi connectivity index (χ0) is 12.3. The molecule has 0 spiro atoms. The van der Waals surface area contributed by atoms with Gasteiger partial charge in [-0.15, -0.1) is 0 Å². The number of rotatable bonds is 4. The highest BCUT2D eigenvalue weighted by molar-refractivity contribution is 5.34. The van der Waals surface area contributed by atoms with Crippen molar-refractivity contribution in [2.24, 2.45) is 5.92 Å². The summed E-state index contributed by atoms with van der Waals surface area (Å²) in [5.41, 5.74) is 0.768. The third-order valence-electron chi connectivity index (χ3n) is 2.76. The molecule has 0 aromatic heterocycles. The van der Waals surface area contributed by atoms with Crippen LogP contribution in [-0.4, -0.2) is 23.6 Å². The van der Waals surface area contributed by atoms with Crippen LogP contribution in [-0.2, 0) is 0 Å². The van der Waals surface area contributed by atoms with Crippen molar-refractivity contribution in [1.82, 2.24) is 4.90 Å². The number of phenolic OH excluding ortho intramolecular Hbond substituents is 1. The normalized spacial score (nSPS) is 13.4. The molecule has 0 radical (unpaired) electrons. The minimum Gasteiger partial charge on any atom is -0.508 e. The first kappa shape index (κ1) is 13.0. The monoisotopic (exact) mass is 225 g/mol. The minimum absolute atomic E-state index is 0.0307.